The van der Waals surface area contributed by atoms with Gasteiger partial charge in [0, 0.05) is 4.90 Å². The molecule has 1 aromatic carbocycles. The van der Waals surface area contributed by atoms with Crippen LogP contribution in [0.15, 0.2) is 23.1 Å². The van der Waals surface area contributed by atoms with Crippen molar-refractivity contribution in [2.45, 2.75) is 25.2 Å². The van der Waals surface area contributed by atoms with Crippen LogP contribution in [0.1, 0.15) is 29.8 Å². The van der Waals surface area contributed by atoms with E-state index in [-0.39, 0.29) is 5.97 Å². The highest BCUT2D eigenvalue weighted by atomic mass is 32.2. The molecule has 0 N–H and O–H groups in total. The highest BCUT2D eigenvalue weighted by Crippen LogP contribution is 2.20. The minimum absolute atomic E-state index is 0.217. The molecule has 0 saturated carbocycles. The molecule has 0 aliphatic carbocycles. The Morgan fingerprint density at radius 2 is 2.13 bits per heavy atom. The second kappa shape index (κ2) is 5.81. The van der Waals surface area contributed by atoms with Crippen molar-refractivity contribution in [2.24, 2.45) is 0 Å². The fourth-order valence-corrected chi connectivity index (χ4v) is 1.83. The van der Waals surface area contributed by atoms with Crippen molar-refractivity contribution in [3.05, 3.63) is 29.3 Å². The van der Waals surface area contributed by atoms with Crippen LogP contribution in [0, 0.1) is 0 Å². The summed E-state index contributed by atoms with van der Waals surface area (Å²) in [6, 6.07) is 5.94. The number of carbonyl (C=O) groups excluding carboxylic acids is 1. The normalized spacial score (nSPS) is 10.1. The predicted molar refractivity (Wildman–Crippen MR) is 63.6 cm³/mol. The molecular formula is C12H16O2S. The van der Waals surface area contributed by atoms with Gasteiger partial charge in [-0.25, -0.2) is 4.79 Å². The second-order valence-corrected chi connectivity index (χ2v) is 3.98. The summed E-state index contributed by atoms with van der Waals surface area (Å²) >= 11 is 1.63. The number of carbonyl (C=O) groups is 1. The molecule has 82 valence electrons. The van der Waals surface area contributed by atoms with Crippen molar-refractivity contribution in [3.8, 4) is 0 Å². The van der Waals surface area contributed by atoms with Crippen LogP contribution in [0.2, 0.25) is 0 Å². The summed E-state index contributed by atoms with van der Waals surface area (Å²) in [4.78, 5) is 12.8. The van der Waals surface area contributed by atoms with Crippen molar-refractivity contribution in [1.82, 2.24) is 0 Å². The third-order valence-corrected chi connectivity index (χ3v) is 2.92. The van der Waals surface area contributed by atoms with Crippen LogP contribution in [0.3, 0.4) is 0 Å². The number of rotatable bonds is 4. The SMILES string of the molecule is CCOC(=O)c1cc(SC)ccc1CC. The van der Waals surface area contributed by atoms with E-state index in [1.54, 1.807) is 11.8 Å². The Labute approximate surface area is 95.0 Å². The number of benzene rings is 1. The lowest BCUT2D eigenvalue weighted by molar-refractivity contribution is 0.0525. The van der Waals surface area contributed by atoms with Gasteiger partial charge in [0.15, 0.2) is 0 Å². The summed E-state index contributed by atoms with van der Waals surface area (Å²) in [6.07, 6.45) is 2.85. The van der Waals surface area contributed by atoms with Crippen LogP contribution in [-0.4, -0.2) is 18.8 Å². The fourth-order valence-electron chi connectivity index (χ4n) is 1.39. The molecule has 0 saturated heterocycles. The zero-order valence-corrected chi connectivity index (χ0v) is 10.2. The summed E-state index contributed by atoms with van der Waals surface area (Å²) in [5.41, 5.74) is 1.75. The van der Waals surface area contributed by atoms with Crippen molar-refractivity contribution in [1.29, 1.82) is 0 Å². The average molecular weight is 224 g/mol. The van der Waals surface area contributed by atoms with E-state index >= 15 is 0 Å². The first-order valence-corrected chi connectivity index (χ1v) is 6.29. The van der Waals surface area contributed by atoms with E-state index in [1.165, 1.54) is 0 Å². The van der Waals surface area contributed by atoms with E-state index in [0.29, 0.717) is 12.2 Å². The topological polar surface area (TPSA) is 26.3 Å². The lowest BCUT2D eigenvalue weighted by Gasteiger charge is -2.08. The highest BCUT2D eigenvalue weighted by Gasteiger charge is 2.11. The maximum absolute atomic E-state index is 11.7. The van der Waals surface area contributed by atoms with E-state index in [0.717, 1.165) is 16.9 Å². The van der Waals surface area contributed by atoms with Gasteiger partial charge in [-0.2, -0.15) is 0 Å². The molecule has 0 atom stereocenters. The van der Waals surface area contributed by atoms with Crippen molar-refractivity contribution in [2.75, 3.05) is 12.9 Å². The standard InChI is InChI=1S/C12H16O2S/c1-4-9-6-7-10(15-3)8-11(9)12(13)14-5-2/h6-8H,4-5H2,1-3H3. The molecule has 2 nitrogen and oxygen atoms in total. The van der Waals surface area contributed by atoms with Gasteiger partial charge in [0.05, 0.1) is 12.2 Å². The Morgan fingerprint density at radius 3 is 2.67 bits per heavy atom. The largest absolute Gasteiger partial charge is 0.462 e. The van der Waals surface area contributed by atoms with Crippen LogP contribution < -0.4 is 0 Å². The molecule has 1 rings (SSSR count). The van der Waals surface area contributed by atoms with Crippen LogP contribution >= 0.6 is 11.8 Å². The number of hydrogen-bond acceptors (Lipinski definition) is 3. The van der Waals surface area contributed by atoms with Gasteiger partial charge in [0.2, 0.25) is 0 Å². The van der Waals surface area contributed by atoms with Gasteiger partial charge in [-0.15, -0.1) is 11.8 Å². The zero-order chi connectivity index (χ0) is 11.3. The summed E-state index contributed by atoms with van der Waals surface area (Å²) in [7, 11) is 0. The Hall–Kier alpha value is -0.960. The van der Waals surface area contributed by atoms with Crippen molar-refractivity contribution < 1.29 is 9.53 Å². The van der Waals surface area contributed by atoms with Gasteiger partial charge in [-0.1, -0.05) is 13.0 Å². The van der Waals surface area contributed by atoms with E-state index in [2.05, 4.69) is 0 Å². The molecule has 0 bridgehead atoms. The molecule has 1 aromatic rings. The monoisotopic (exact) mass is 224 g/mol. The lowest BCUT2D eigenvalue weighted by atomic mass is 10.1. The number of thioether (sulfide) groups is 1. The average Bonchev–Trinajstić information content (AvgIpc) is 2.28. The molecule has 0 aromatic heterocycles. The van der Waals surface area contributed by atoms with E-state index < -0.39 is 0 Å². The summed E-state index contributed by atoms with van der Waals surface area (Å²) in [5, 5.41) is 0. The molecule has 15 heavy (non-hydrogen) atoms. The molecule has 0 amide bonds. The molecular weight excluding hydrogens is 208 g/mol. The number of hydrogen-bond donors (Lipinski definition) is 0. The highest BCUT2D eigenvalue weighted by molar-refractivity contribution is 7.98. The van der Waals surface area contributed by atoms with Gasteiger partial charge < -0.3 is 4.74 Å². The predicted octanol–water partition coefficient (Wildman–Crippen LogP) is 3.15. The Balaban J connectivity index is 3.05. The van der Waals surface area contributed by atoms with Crippen LogP contribution in [0.4, 0.5) is 0 Å². The maximum Gasteiger partial charge on any atom is 0.338 e. The smallest absolute Gasteiger partial charge is 0.338 e. The molecule has 0 spiro atoms. The molecule has 0 unspecified atom stereocenters. The zero-order valence-electron chi connectivity index (χ0n) is 9.37. The van der Waals surface area contributed by atoms with Crippen LogP contribution in [0.25, 0.3) is 0 Å². The van der Waals surface area contributed by atoms with Gasteiger partial charge in [0.1, 0.15) is 0 Å². The number of aryl methyl sites for hydroxylation is 1. The van der Waals surface area contributed by atoms with E-state index in [9.17, 15) is 4.79 Å². The summed E-state index contributed by atoms with van der Waals surface area (Å²) in [5.74, 6) is -0.217. The van der Waals surface area contributed by atoms with E-state index in [4.69, 9.17) is 4.74 Å². The minimum Gasteiger partial charge on any atom is -0.462 e. The van der Waals surface area contributed by atoms with Gasteiger partial charge in [0.25, 0.3) is 0 Å². The molecule has 0 fully saturated rings. The van der Waals surface area contributed by atoms with Gasteiger partial charge >= 0.3 is 5.97 Å². The number of ether oxygens (including phenoxy) is 1. The first-order valence-electron chi connectivity index (χ1n) is 5.07. The Morgan fingerprint density at radius 1 is 1.40 bits per heavy atom. The minimum atomic E-state index is -0.217. The van der Waals surface area contributed by atoms with Gasteiger partial charge in [-0.3, -0.25) is 0 Å². The van der Waals surface area contributed by atoms with E-state index in [1.807, 2.05) is 38.3 Å². The van der Waals surface area contributed by atoms with Crippen LogP contribution in [0.5, 0.6) is 0 Å². The molecule has 0 aliphatic heterocycles. The lowest BCUT2D eigenvalue weighted by Crippen LogP contribution is -2.07. The van der Waals surface area contributed by atoms with Crippen LogP contribution in [-0.2, 0) is 11.2 Å². The maximum atomic E-state index is 11.7. The second-order valence-electron chi connectivity index (χ2n) is 3.10. The van der Waals surface area contributed by atoms with Gasteiger partial charge in [-0.05, 0) is 37.3 Å². The Kier molecular flexibility index (Phi) is 4.69. The first-order chi connectivity index (χ1) is 7.22. The quantitative estimate of drug-likeness (QED) is 0.580. The Bertz CT molecular complexity index is 347. The third kappa shape index (κ3) is 2.99. The van der Waals surface area contributed by atoms with Crippen molar-refractivity contribution in [3.63, 3.8) is 0 Å². The summed E-state index contributed by atoms with van der Waals surface area (Å²) in [6.45, 7) is 4.28. The fraction of sp³-hybridized carbons (Fsp3) is 0.417. The number of esters is 1. The van der Waals surface area contributed by atoms with Crippen molar-refractivity contribution >= 4 is 17.7 Å². The summed E-state index contributed by atoms with van der Waals surface area (Å²) < 4.78 is 5.02. The molecule has 3 heteroatoms. The molecule has 0 heterocycles. The molecule has 0 radical (unpaired) electrons. The first kappa shape index (κ1) is 12.1. The third-order valence-electron chi connectivity index (χ3n) is 2.19. The molecule has 0 aliphatic rings.